The van der Waals surface area contributed by atoms with E-state index in [0.717, 1.165) is 11.3 Å². The van der Waals surface area contributed by atoms with Gasteiger partial charge in [-0.25, -0.2) is 0 Å². The molecule has 1 heterocycles. The summed E-state index contributed by atoms with van der Waals surface area (Å²) in [5.41, 5.74) is 0.525. The summed E-state index contributed by atoms with van der Waals surface area (Å²) in [5, 5.41) is 9.05. The normalized spacial score (nSPS) is 24.6. The first-order chi connectivity index (χ1) is 6.79. The summed E-state index contributed by atoms with van der Waals surface area (Å²) in [7, 11) is 0. The van der Waals surface area contributed by atoms with Crippen molar-refractivity contribution in [3.05, 3.63) is 29.8 Å². The highest BCUT2D eigenvalue weighted by Gasteiger charge is 2.35. The van der Waals surface area contributed by atoms with Crippen LogP contribution in [-0.4, -0.2) is 12.5 Å². The molecule has 3 heteroatoms. The summed E-state index contributed by atoms with van der Waals surface area (Å²) in [6.45, 7) is 0.393. The summed E-state index contributed by atoms with van der Waals surface area (Å²) in [4.78, 5) is 0. The molecule has 0 aromatic heterocycles. The monoisotopic (exact) mass is 207 g/mol. The van der Waals surface area contributed by atoms with Gasteiger partial charge in [0.1, 0.15) is 17.8 Å². The van der Waals surface area contributed by atoms with Crippen molar-refractivity contribution in [3.63, 3.8) is 0 Å². The number of hydrogen-bond donors (Lipinski definition) is 0. The van der Waals surface area contributed by atoms with E-state index in [1.807, 2.05) is 24.3 Å². The lowest BCUT2D eigenvalue weighted by molar-refractivity contribution is 0.188. The number of ether oxygens (including phenoxy) is 1. The zero-order valence-electron chi connectivity index (χ0n) is 7.66. The van der Waals surface area contributed by atoms with Gasteiger partial charge in [-0.15, -0.1) is 11.6 Å². The predicted octanol–water partition coefficient (Wildman–Crippen LogP) is 2.37. The SMILES string of the molecule is N#CC1(CCl)COc2ccccc2C1. The van der Waals surface area contributed by atoms with E-state index in [0.29, 0.717) is 18.9 Å². The fourth-order valence-electron chi connectivity index (χ4n) is 1.61. The summed E-state index contributed by atoms with van der Waals surface area (Å²) in [6.07, 6.45) is 0.684. The maximum absolute atomic E-state index is 9.05. The van der Waals surface area contributed by atoms with Gasteiger partial charge in [0.05, 0.1) is 6.07 Å². The van der Waals surface area contributed by atoms with Crippen molar-refractivity contribution in [2.45, 2.75) is 6.42 Å². The highest BCUT2D eigenvalue weighted by Crippen LogP contribution is 2.34. The van der Waals surface area contributed by atoms with Crippen LogP contribution in [0.2, 0.25) is 0 Å². The molecule has 2 rings (SSSR count). The van der Waals surface area contributed by atoms with Gasteiger partial charge in [-0.05, 0) is 18.1 Å². The third-order valence-corrected chi connectivity index (χ3v) is 3.01. The van der Waals surface area contributed by atoms with E-state index in [1.165, 1.54) is 0 Å². The summed E-state index contributed by atoms with van der Waals surface area (Å²) >= 11 is 5.80. The second kappa shape index (κ2) is 3.51. The topological polar surface area (TPSA) is 33.0 Å². The van der Waals surface area contributed by atoms with Crippen LogP contribution in [0.15, 0.2) is 24.3 Å². The number of nitrogens with zero attached hydrogens (tertiary/aromatic N) is 1. The third kappa shape index (κ3) is 1.44. The molecule has 0 N–H and O–H groups in total. The Kier molecular flexibility index (Phi) is 2.35. The lowest BCUT2D eigenvalue weighted by atomic mass is 9.83. The maximum atomic E-state index is 9.05. The molecule has 0 saturated carbocycles. The van der Waals surface area contributed by atoms with Gasteiger partial charge in [-0.3, -0.25) is 0 Å². The molecular weight excluding hydrogens is 198 g/mol. The van der Waals surface area contributed by atoms with Crippen LogP contribution in [0.3, 0.4) is 0 Å². The lowest BCUT2D eigenvalue weighted by Gasteiger charge is -2.30. The number of para-hydroxylation sites is 1. The second-order valence-corrected chi connectivity index (χ2v) is 3.87. The molecule has 14 heavy (non-hydrogen) atoms. The van der Waals surface area contributed by atoms with Gasteiger partial charge >= 0.3 is 0 Å². The Morgan fingerprint density at radius 1 is 1.50 bits per heavy atom. The largest absolute Gasteiger partial charge is 0.492 e. The van der Waals surface area contributed by atoms with Gasteiger partial charge in [0.2, 0.25) is 0 Å². The average Bonchev–Trinajstić information content (AvgIpc) is 2.28. The van der Waals surface area contributed by atoms with Crippen LogP contribution in [0.25, 0.3) is 0 Å². The molecule has 0 spiro atoms. The number of rotatable bonds is 1. The zero-order valence-corrected chi connectivity index (χ0v) is 8.42. The molecule has 1 aliphatic rings. The lowest BCUT2D eigenvalue weighted by Crippen LogP contribution is -2.35. The highest BCUT2D eigenvalue weighted by atomic mass is 35.5. The smallest absolute Gasteiger partial charge is 0.122 e. The third-order valence-electron chi connectivity index (χ3n) is 2.50. The van der Waals surface area contributed by atoms with Crippen LogP contribution in [-0.2, 0) is 6.42 Å². The fraction of sp³-hybridized carbons (Fsp3) is 0.364. The minimum atomic E-state index is -0.546. The number of alkyl halides is 1. The Labute approximate surface area is 88.1 Å². The van der Waals surface area contributed by atoms with Crippen molar-refractivity contribution < 1.29 is 4.74 Å². The first-order valence-corrected chi connectivity index (χ1v) is 5.01. The number of nitriles is 1. The average molecular weight is 208 g/mol. The van der Waals surface area contributed by atoms with Crippen LogP contribution in [0, 0.1) is 16.7 Å². The number of fused-ring (bicyclic) bond motifs is 1. The quantitative estimate of drug-likeness (QED) is 0.663. The first-order valence-electron chi connectivity index (χ1n) is 4.48. The van der Waals surface area contributed by atoms with Gasteiger partial charge in [-0.2, -0.15) is 5.26 Å². The van der Waals surface area contributed by atoms with Gasteiger partial charge in [-0.1, -0.05) is 18.2 Å². The Bertz CT molecular complexity index is 385. The molecule has 0 aliphatic carbocycles. The van der Waals surface area contributed by atoms with Crippen molar-refractivity contribution >= 4 is 11.6 Å². The molecule has 1 aromatic rings. The number of halogens is 1. The van der Waals surface area contributed by atoms with Crippen LogP contribution in [0.1, 0.15) is 5.56 Å². The summed E-state index contributed by atoms with van der Waals surface area (Å²) in [5.74, 6) is 1.20. The standard InChI is InChI=1S/C11H10ClNO/c12-6-11(7-13)5-9-3-1-2-4-10(9)14-8-11/h1-4H,5-6,8H2. The summed E-state index contributed by atoms with van der Waals surface area (Å²) < 4.78 is 5.51. The van der Waals surface area contributed by atoms with Crippen LogP contribution in [0.4, 0.5) is 0 Å². The first kappa shape index (κ1) is 9.36. The Morgan fingerprint density at radius 2 is 2.29 bits per heavy atom. The summed E-state index contributed by atoms with van der Waals surface area (Å²) in [6, 6.07) is 10.0. The number of hydrogen-bond acceptors (Lipinski definition) is 2. The van der Waals surface area contributed by atoms with Crippen molar-refractivity contribution in [2.24, 2.45) is 5.41 Å². The molecule has 0 fully saturated rings. The van der Waals surface area contributed by atoms with Crippen LogP contribution < -0.4 is 4.74 Å². The molecule has 72 valence electrons. The number of benzene rings is 1. The maximum Gasteiger partial charge on any atom is 0.122 e. The van der Waals surface area contributed by atoms with Crippen LogP contribution in [0.5, 0.6) is 5.75 Å². The predicted molar refractivity (Wildman–Crippen MR) is 54.4 cm³/mol. The second-order valence-electron chi connectivity index (χ2n) is 3.60. The van der Waals surface area contributed by atoms with Crippen molar-refractivity contribution in [3.8, 4) is 11.8 Å². The molecule has 0 amide bonds. The molecule has 1 atom stereocenters. The minimum Gasteiger partial charge on any atom is -0.492 e. The van der Waals surface area contributed by atoms with E-state index in [9.17, 15) is 0 Å². The molecule has 2 nitrogen and oxygen atoms in total. The van der Waals surface area contributed by atoms with E-state index in [2.05, 4.69) is 6.07 Å². The Hall–Kier alpha value is -1.20. The molecule has 0 bridgehead atoms. The van der Waals surface area contributed by atoms with E-state index in [4.69, 9.17) is 21.6 Å². The minimum absolute atomic E-state index is 0.317. The highest BCUT2D eigenvalue weighted by molar-refractivity contribution is 6.18. The molecular formula is C11H10ClNO. The van der Waals surface area contributed by atoms with Gasteiger partial charge < -0.3 is 4.74 Å². The zero-order chi connectivity index (χ0) is 10.0. The molecule has 0 radical (unpaired) electrons. The van der Waals surface area contributed by atoms with Gasteiger partial charge in [0.25, 0.3) is 0 Å². The fourth-order valence-corrected chi connectivity index (χ4v) is 1.84. The van der Waals surface area contributed by atoms with E-state index in [-0.39, 0.29) is 0 Å². The molecule has 1 unspecified atom stereocenters. The molecule has 0 saturated heterocycles. The Morgan fingerprint density at radius 3 is 3.00 bits per heavy atom. The van der Waals surface area contributed by atoms with Gasteiger partial charge in [0.15, 0.2) is 0 Å². The van der Waals surface area contributed by atoms with Crippen molar-refractivity contribution in [1.82, 2.24) is 0 Å². The Balaban J connectivity index is 2.34. The van der Waals surface area contributed by atoms with Gasteiger partial charge in [0, 0.05) is 5.88 Å². The van der Waals surface area contributed by atoms with E-state index >= 15 is 0 Å². The van der Waals surface area contributed by atoms with E-state index < -0.39 is 5.41 Å². The van der Waals surface area contributed by atoms with Crippen molar-refractivity contribution in [2.75, 3.05) is 12.5 Å². The molecule has 1 aliphatic heterocycles. The van der Waals surface area contributed by atoms with Crippen molar-refractivity contribution in [1.29, 1.82) is 5.26 Å². The van der Waals surface area contributed by atoms with E-state index in [1.54, 1.807) is 0 Å². The molecule has 1 aromatic carbocycles. The van der Waals surface area contributed by atoms with Crippen LogP contribution >= 0.6 is 11.6 Å².